The third-order valence-corrected chi connectivity index (χ3v) is 19.9. The van der Waals surface area contributed by atoms with E-state index in [2.05, 4.69) is 52.0 Å². The lowest BCUT2D eigenvalue weighted by Crippen LogP contribution is -2.30. The van der Waals surface area contributed by atoms with Gasteiger partial charge >= 0.3 is 39.5 Å². The Hall–Kier alpha value is -2.46. The molecule has 0 spiro atoms. The number of unbranched alkanes of at least 4 members (excludes halogenated alkanes) is 49. The molecule has 0 aliphatic rings. The molecule has 17 nitrogen and oxygen atoms in total. The van der Waals surface area contributed by atoms with Gasteiger partial charge in [-0.25, -0.2) is 9.13 Å². The number of hydrogen-bond donors (Lipinski definition) is 3. The minimum absolute atomic E-state index is 0.102. The number of allylic oxidation sites excluding steroid dienone is 4. The molecule has 0 rings (SSSR count). The molecule has 0 aromatic rings. The predicted molar refractivity (Wildman–Crippen MR) is 400 cm³/mol. The summed E-state index contributed by atoms with van der Waals surface area (Å²) in [5, 5.41) is 10.6. The highest BCUT2D eigenvalue weighted by Gasteiger charge is 2.30. The summed E-state index contributed by atoms with van der Waals surface area (Å²) < 4.78 is 68.5. The highest BCUT2D eigenvalue weighted by molar-refractivity contribution is 7.47. The quantitative estimate of drug-likeness (QED) is 0.0169. The van der Waals surface area contributed by atoms with Crippen molar-refractivity contribution in [3.05, 3.63) is 24.3 Å². The van der Waals surface area contributed by atoms with Crippen LogP contribution in [0.1, 0.15) is 400 Å². The van der Waals surface area contributed by atoms with Crippen LogP contribution in [0.15, 0.2) is 24.3 Å². The van der Waals surface area contributed by atoms with Crippen molar-refractivity contribution in [2.75, 3.05) is 39.6 Å². The summed E-state index contributed by atoms with van der Waals surface area (Å²) in [4.78, 5) is 72.8. The number of aliphatic hydroxyl groups is 1. The van der Waals surface area contributed by atoms with Gasteiger partial charge in [0.2, 0.25) is 0 Å². The Kier molecular flexibility index (Phi) is 71.0. The highest BCUT2D eigenvalue weighted by Crippen LogP contribution is 2.45. The van der Waals surface area contributed by atoms with Gasteiger partial charge in [-0.3, -0.25) is 37.3 Å². The minimum Gasteiger partial charge on any atom is -0.462 e. The topological polar surface area (TPSA) is 237 Å². The fourth-order valence-electron chi connectivity index (χ4n) is 11.7. The summed E-state index contributed by atoms with van der Waals surface area (Å²) in [7, 11) is -9.92. The fourth-order valence-corrected chi connectivity index (χ4v) is 13.3. The number of carbonyl (C=O) groups excluding carboxylic acids is 4. The van der Waals surface area contributed by atoms with Crippen LogP contribution in [0.3, 0.4) is 0 Å². The van der Waals surface area contributed by atoms with Crippen LogP contribution in [-0.2, 0) is 65.4 Å². The zero-order valence-corrected chi connectivity index (χ0v) is 65.0. The van der Waals surface area contributed by atoms with E-state index in [-0.39, 0.29) is 25.7 Å². The number of esters is 4. The molecule has 0 amide bonds. The van der Waals surface area contributed by atoms with Crippen LogP contribution in [0, 0.1) is 0 Å². The molecular formula is C79H150O17P2. The van der Waals surface area contributed by atoms with Crippen molar-refractivity contribution in [1.82, 2.24) is 0 Å². The third-order valence-electron chi connectivity index (χ3n) is 18.0. The molecule has 0 aromatic carbocycles. The van der Waals surface area contributed by atoms with Crippen molar-refractivity contribution >= 4 is 39.5 Å². The summed E-state index contributed by atoms with van der Waals surface area (Å²) in [6.45, 7) is 4.93. The molecule has 0 fully saturated rings. The van der Waals surface area contributed by atoms with Gasteiger partial charge in [-0.15, -0.1) is 0 Å². The molecule has 5 atom stereocenters. The first kappa shape index (κ1) is 95.5. The molecular weight excluding hydrogens is 1280 g/mol. The molecule has 0 heterocycles. The van der Waals surface area contributed by atoms with Gasteiger partial charge in [0.05, 0.1) is 26.4 Å². The number of rotatable bonds is 78. The van der Waals surface area contributed by atoms with E-state index in [1.165, 1.54) is 212 Å². The maximum atomic E-state index is 13.1. The van der Waals surface area contributed by atoms with E-state index in [4.69, 9.17) is 37.0 Å². The highest BCUT2D eigenvalue weighted by atomic mass is 31.2. The second-order valence-electron chi connectivity index (χ2n) is 27.8. The Bertz CT molecular complexity index is 1950. The second kappa shape index (κ2) is 72.9. The van der Waals surface area contributed by atoms with Crippen LogP contribution in [0.2, 0.25) is 0 Å². The Morgan fingerprint density at radius 3 is 0.745 bits per heavy atom. The first-order valence-electron chi connectivity index (χ1n) is 40.6. The zero-order chi connectivity index (χ0) is 71.8. The lowest BCUT2D eigenvalue weighted by atomic mass is 10.0. The number of aliphatic hydroxyl groups excluding tert-OH is 1. The van der Waals surface area contributed by atoms with Gasteiger partial charge in [-0.1, -0.05) is 347 Å². The summed E-state index contributed by atoms with van der Waals surface area (Å²) in [6, 6.07) is 0. The van der Waals surface area contributed by atoms with E-state index in [0.29, 0.717) is 25.7 Å². The van der Waals surface area contributed by atoms with Crippen LogP contribution in [0.25, 0.3) is 0 Å². The van der Waals surface area contributed by atoms with E-state index >= 15 is 0 Å². The predicted octanol–water partition coefficient (Wildman–Crippen LogP) is 23.3. The van der Waals surface area contributed by atoms with Crippen molar-refractivity contribution in [2.45, 2.75) is 418 Å². The summed E-state index contributed by atoms with van der Waals surface area (Å²) in [6.07, 6.45) is 67.4. The maximum Gasteiger partial charge on any atom is 0.472 e. The Balaban J connectivity index is 5.24. The van der Waals surface area contributed by atoms with Crippen molar-refractivity contribution in [1.29, 1.82) is 0 Å². The van der Waals surface area contributed by atoms with Crippen LogP contribution < -0.4 is 0 Å². The average Bonchev–Trinajstić information content (AvgIpc) is 1.15. The molecule has 3 N–H and O–H groups in total. The van der Waals surface area contributed by atoms with Gasteiger partial charge in [0.15, 0.2) is 12.2 Å². The van der Waals surface area contributed by atoms with Gasteiger partial charge in [0.1, 0.15) is 19.3 Å². The van der Waals surface area contributed by atoms with Crippen molar-refractivity contribution in [3.63, 3.8) is 0 Å². The number of hydrogen-bond acceptors (Lipinski definition) is 15. The van der Waals surface area contributed by atoms with Crippen LogP contribution in [0.5, 0.6) is 0 Å². The molecule has 0 aliphatic heterocycles. The Labute approximate surface area is 599 Å². The first-order chi connectivity index (χ1) is 47.7. The third kappa shape index (κ3) is 71.9. The zero-order valence-electron chi connectivity index (χ0n) is 63.2. The number of carbonyl (C=O) groups is 4. The van der Waals surface area contributed by atoms with Gasteiger partial charge in [0, 0.05) is 25.7 Å². The summed E-state index contributed by atoms with van der Waals surface area (Å²) >= 11 is 0. The molecule has 2 unspecified atom stereocenters. The van der Waals surface area contributed by atoms with Crippen molar-refractivity contribution in [2.24, 2.45) is 0 Å². The largest absolute Gasteiger partial charge is 0.472 e. The van der Waals surface area contributed by atoms with E-state index in [1.807, 2.05) is 0 Å². The smallest absolute Gasteiger partial charge is 0.462 e. The Morgan fingerprint density at radius 2 is 0.490 bits per heavy atom. The molecule has 0 bridgehead atoms. The van der Waals surface area contributed by atoms with E-state index < -0.39 is 97.5 Å². The standard InChI is InChI=1S/C79H150O17P2/c1-5-9-13-17-21-25-29-32-34-35-36-37-38-39-41-43-46-50-54-58-62-66-79(84)96-75(70-90-77(82)64-60-56-52-48-45-42-40-33-30-26-22-18-14-10-6-2)72-94-98(87,88)92-68-73(80)67-91-97(85,86)93-71-74(69-89-76(81)63-59-55-51-47-28-24-20-16-12-8-4)95-78(83)65-61-57-53-49-44-31-27-23-19-15-11-7-3/h26,30,33,40,73-75,80H,5-25,27-29,31-32,34-39,41-72H2,1-4H3,(H,85,86)(H,87,88)/b30-26-,40-33-/t73-,74+,75+/m0/s1. The second-order valence-corrected chi connectivity index (χ2v) is 30.7. The minimum atomic E-state index is -4.97. The first-order valence-corrected chi connectivity index (χ1v) is 43.6. The Morgan fingerprint density at radius 1 is 0.286 bits per heavy atom. The SMILES string of the molecule is CCCCCC/C=C\C=C/CCCCCCCC(=O)OC[C@H](COP(=O)(O)OC[C@@H](O)COP(=O)(O)OC[C@@H](COC(=O)CCCCCCCCCCCC)OC(=O)CCCCCCCCCCCCCC)OC(=O)CCCCCCCCCCCCCCCCCCCCCCC. The average molecular weight is 1430 g/mol. The number of phosphoric acid groups is 2. The van der Waals surface area contributed by atoms with Gasteiger partial charge in [-0.05, 0) is 51.4 Å². The van der Waals surface area contributed by atoms with Crippen molar-refractivity contribution in [3.8, 4) is 0 Å². The van der Waals surface area contributed by atoms with E-state index in [9.17, 15) is 43.2 Å². The van der Waals surface area contributed by atoms with Crippen LogP contribution >= 0.6 is 15.6 Å². The monoisotopic (exact) mass is 1430 g/mol. The number of phosphoric ester groups is 2. The van der Waals surface area contributed by atoms with Crippen LogP contribution in [0.4, 0.5) is 0 Å². The van der Waals surface area contributed by atoms with E-state index in [1.54, 1.807) is 0 Å². The molecule has 0 aliphatic carbocycles. The normalized spacial score (nSPS) is 14.0. The molecule has 0 saturated carbocycles. The number of ether oxygens (including phenoxy) is 4. The molecule has 0 aromatic heterocycles. The lowest BCUT2D eigenvalue weighted by Gasteiger charge is -2.21. The lowest BCUT2D eigenvalue weighted by molar-refractivity contribution is -0.161. The molecule has 0 saturated heterocycles. The summed E-state index contributed by atoms with van der Waals surface area (Å²) in [5.41, 5.74) is 0. The van der Waals surface area contributed by atoms with E-state index in [0.717, 1.165) is 109 Å². The fraction of sp³-hybridized carbons (Fsp3) is 0.899. The van der Waals surface area contributed by atoms with Crippen LogP contribution in [-0.4, -0.2) is 96.7 Å². The van der Waals surface area contributed by atoms with Gasteiger partial charge < -0.3 is 33.8 Å². The molecule has 19 heteroatoms. The van der Waals surface area contributed by atoms with Gasteiger partial charge in [0.25, 0.3) is 0 Å². The van der Waals surface area contributed by atoms with Gasteiger partial charge in [-0.2, -0.15) is 0 Å². The molecule has 578 valence electrons. The molecule has 98 heavy (non-hydrogen) atoms. The molecule has 0 radical (unpaired) electrons. The maximum absolute atomic E-state index is 13.1. The van der Waals surface area contributed by atoms with Crippen molar-refractivity contribution < 1.29 is 80.2 Å². The summed E-state index contributed by atoms with van der Waals surface area (Å²) in [5.74, 6) is -2.14.